The molecule has 14 heavy (non-hydrogen) atoms. The van der Waals surface area contributed by atoms with Crippen molar-refractivity contribution in [2.75, 3.05) is 12.1 Å². The molecule has 0 rings (SSSR count). The molecule has 0 bridgehead atoms. The first-order valence-corrected chi connectivity index (χ1v) is 7.94. The largest absolute Gasteiger partial charge is 0.344 e. The Bertz CT molecular complexity index is 299. The van der Waals surface area contributed by atoms with Crippen molar-refractivity contribution in [2.45, 2.75) is 20.3 Å². The van der Waals surface area contributed by atoms with Crippen LogP contribution < -0.4 is 0 Å². The molecule has 0 radical (unpaired) electrons. The second-order valence-electron chi connectivity index (χ2n) is 3.45. The molecule has 1 atom stereocenters. The quantitative estimate of drug-likeness (QED) is 0.504. The van der Waals surface area contributed by atoms with Crippen molar-refractivity contribution >= 4 is 15.0 Å². The fraction of sp³-hybridized carbons (Fsp3) is 0.714. The normalized spacial score (nSPS) is 16.1. The van der Waals surface area contributed by atoms with Gasteiger partial charge in [0.15, 0.2) is 0 Å². The first-order chi connectivity index (χ1) is 6.12. The smallest absolute Gasteiger partial charge is 0.335 e. The molecule has 0 saturated carbocycles. The van der Waals surface area contributed by atoms with Gasteiger partial charge in [0.2, 0.25) is 7.37 Å². The van der Waals surface area contributed by atoms with E-state index in [1.165, 1.54) is 0 Å². The van der Waals surface area contributed by atoms with Crippen molar-refractivity contribution in [3.8, 4) is 0 Å². The summed E-state index contributed by atoms with van der Waals surface area (Å²) in [5.41, 5.74) is 1.01. The van der Waals surface area contributed by atoms with Gasteiger partial charge in [-0.05, 0) is 20.3 Å². The lowest BCUT2D eigenvalue weighted by Crippen LogP contribution is -1.95. The third kappa shape index (κ3) is 8.67. The summed E-state index contributed by atoms with van der Waals surface area (Å²) in [4.78, 5) is 26.2. The standard InChI is InChI=1S/C7H16O5P2/c1-7(2)4-3-5-13(8,9)6-14(10,11)12/h4H,3,5-6H2,1-2H3,(H,8,9)(H2,10,11,12). The zero-order valence-electron chi connectivity index (χ0n) is 8.25. The first kappa shape index (κ1) is 14.1. The van der Waals surface area contributed by atoms with Crippen LogP contribution in [0.1, 0.15) is 20.3 Å². The third-order valence-corrected chi connectivity index (χ3v) is 5.63. The van der Waals surface area contributed by atoms with Crippen LogP contribution in [0.3, 0.4) is 0 Å². The van der Waals surface area contributed by atoms with Gasteiger partial charge in [0.25, 0.3) is 0 Å². The molecule has 0 aromatic heterocycles. The van der Waals surface area contributed by atoms with Crippen LogP contribution in [0.4, 0.5) is 0 Å². The van der Waals surface area contributed by atoms with E-state index in [1.54, 1.807) is 6.08 Å². The lowest BCUT2D eigenvalue weighted by atomic mass is 10.3. The maximum Gasteiger partial charge on any atom is 0.335 e. The van der Waals surface area contributed by atoms with Crippen molar-refractivity contribution in [1.29, 1.82) is 0 Å². The summed E-state index contributed by atoms with van der Waals surface area (Å²) in [6.45, 7) is 3.70. The Morgan fingerprint density at radius 3 is 2.07 bits per heavy atom. The zero-order valence-corrected chi connectivity index (χ0v) is 10.0. The van der Waals surface area contributed by atoms with E-state index in [4.69, 9.17) is 9.79 Å². The van der Waals surface area contributed by atoms with Gasteiger partial charge in [0.1, 0.15) is 5.90 Å². The molecule has 0 aromatic carbocycles. The van der Waals surface area contributed by atoms with Gasteiger partial charge in [-0.3, -0.25) is 9.13 Å². The van der Waals surface area contributed by atoms with Gasteiger partial charge in [-0.15, -0.1) is 0 Å². The molecule has 0 saturated heterocycles. The maximum atomic E-state index is 11.2. The summed E-state index contributed by atoms with van der Waals surface area (Å²) in [6, 6.07) is 0. The topological polar surface area (TPSA) is 94.8 Å². The Kier molecular flexibility index (Phi) is 5.27. The average Bonchev–Trinajstić information content (AvgIpc) is 1.78. The summed E-state index contributed by atoms with van der Waals surface area (Å²) in [5, 5.41) is 0. The Balaban J connectivity index is 4.17. The number of rotatable bonds is 5. The third-order valence-electron chi connectivity index (χ3n) is 1.44. The summed E-state index contributed by atoms with van der Waals surface area (Å²) >= 11 is 0. The van der Waals surface area contributed by atoms with E-state index in [0.29, 0.717) is 6.42 Å². The van der Waals surface area contributed by atoms with Crippen molar-refractivity contribution in [2.24, 2.45) is 0 Å². The molecular formula is C7H16O5P2. The van der Waals surface area contributed by atoms with Gasteiger partial charge in [-0.1, -0.05) is 11.6 Å². The van der Waals surface area contributed by atoms with Gasteiger partial charge in [-0.2, -0.15) is 0 Å². The lowest BCUT2D eigenvalue weighted by molar-refractivity contribution is 0.376. The van der Waals surface area contributed by atoms with Crippen LogP contribution >= 0.6 is 15.0 Å². The summed E-state index contributed by atoms with van der Waals surface area (Å²) in [6.07, 6.45) is 2.06. The highest BCUT2D eigenvalue weighted by Gasteiger charge is 2.28. The number of hydrogen-bond donors (Lipinski definition) is 3. The van der Waals surface area contributed by atoms with Crippen LogP contribution in [0, 0.1) is 0 Å². The zero-order chi connectivity index (χ0) is 11.4. The minimum absolute atomic E-state index is 0.0801. The number of allylic oxidation sites excluding steroid dienone is 2. The SMILES string of the molecule is CC(C)=CCCP(=O)(O)CP(=O)(O)O. The van der Waals surface area contributed by atoms with E-state index in [2.05, 4.69) is 0 Å². The van der Waals surface area contributed by atoms with Crippen LogP contribution in [0.15, 0.2) is 11.6 Å². The fourth-order valence-electron chi connectivity index (χ4n) is 0.914. The van der Waals surface area contributed by atoms with Crippen molar-refractivity contribution in [3.63, 3.8) is 0 Å². The molecule has 0 spiro atoms. The van der Waals surface area contributed by atoms with E-state index in [9.17, 15) is 14.0 Å². The molecule has 0 aliphatic carbocycles. The molecule has 7 heteroatoms. The average molecular weight is 242 g/mol. The van der Waals surface area contributed by atoms with E-state index in [-0.39, 0.29) is 6.16 Å². The molecule has 0 fully saturated rings. The van der Waals surface area contributed by atoms with Crippen LogP contribution in [0.5, 0.6) is 0 Å². The molecular weight excluding hydrogens is 226 g/mol. The minimum Gasteiger partial charge on any atom is -0.344 e. The number of hydrogen-bond acceptors (Lipinski definition) is 2. The molecule has 84 valence electrons. The van der Waals surface area contributed by atoms with Gasteiger partial charge < -0.3 is 14.7 Å². The molecule has 1 unspecified atom stereocenters. The highest BCUT2D eigenvalue weighted by atomic mass is 31.2. The van der Waals surface area contributed by atoms with Crippen molar-refractivity contribution < 1.29 is 23.8 Å². The van der Waals surface area contributed by atoms with E-state index in [1.807, 2.05) is 13.8 Å². The Morgan fingerprint density at radius 1 is 1.21 bits per heavy atom. The Hall–Kier alpha value is 0.0800. The first-order valence-electron chi connectivity index (χ1n) is 4.11. The minimum atomic E-state index is -4.38. The van der Waals surface area contributed by atoms with E-state index in [0.717, 1.165) is 5.57 Å². The lowest BCUT2D eigenvalue weighted by Gasteiger charge is -2.10. The monoisotopic (exact) mass is 242 g/mol. The van der Waals surface area contributed by atoms with Gasteiger partial charge in [0.05, 0.1) is 0 Å². The summed E-state index contributed by atoms with van der Waals surface area (Å²) in [7, 11) is -8.06. The molecule has 0 amide bonds. The molecule has 0 aromatic rings. The summed E-state index contributed by atoms with van der Waals surface area (Å²) in [5.74, 6) is -0.920. The van der Waals surface area contributed by atoms with E-state index < -0.39 is 20.9 Å². The van der Waals surface area contributed by atoms with Crippen LogP contribution in [0.2, 0.25) is 0 Å². The van der Waals surface area contributed by atoms with Crippen LogP contribution in [-0.4, -0.2) is 26.7 Å². The summed E-state index contributed by atoms with van der Waals surface area (Å²) < 4.78 is 21.7. The molecule has 0 heterocycles. The van der Waals surface area contributed by atoms with Gasteiger partial charge in [-0.25, -0.2) is 0 Å². The van der Waals surface area contributed by atoms with Crippen LogP contribution in [0.25, 0.3) is 0 Å². The Morgan fingerprint density at radius 2 is 1.71 bits per heavy atom. The van der Waals surface area contributed by atoms with Crippen LogP contribution in [-0.2, 0) is 9.13 Å². The highest BCUT2D eigenvalue weighted by molar-refractivity contribution is 7.72. The maximum absolute atomic E-state index is 11.2. The predicted octanol–water partition coefficient (Wildman–Crippen LogP) is 1.75. The molecule has 3 N–H and O–H groups in total. The van der Waals surface area contributed by atoms with Crippen molar-refractivity contribution in [3.05, 3.63) is 11.6 Å². The molecule has 0 aliphatic heterocycles. The predicted molar refractivity (Wildman–Crippen MR) is 55.7 cm³/mol. The van der Waals surface area contributed by atoms with E-state index >= 15 is 0 Å². The Labute approximate surface area is 83.5 Å². The van der Waals surface area contributed by atoms with Gasteiger partial charge in [0, 0.05) is 6.16 Å². The van der Waals surface area contributed by atoms with Crippen molar-refractivity contribution in [1.82, 2.24) is 0 Å². The fourth-order valence-corrected chi connectivity index (χ4v) is 4.31. The second-order valence-corrected chi connectivity index (χ2v) is 8.05. The molecule has 5 nitrogen and oxygen atoms in total. The van der Waals surface area contributed by atoms with Gasteiger partial charge >= 0.3 is 7.60 Å². The molecule has 0 aliphatic rings. The second kappa shape index (κ2) is 5.24. The highest BCUT2D eigenvalue weighted by Crippen LogP contribution is 2.54.